The lowest BCUT2D eigenvalue weighted by Crippen LogP contribution is -2.03. The largest absolute Gasteiger partial charge is 0.435 e. The Hall–Kier alpha value is -1.20. The number of aliphatic hydroxyl groups is 1. The topological polar surface area (TPSA) is 38.7 Å². The maximum atomic E-state index is 11.9. The van der Waals surface area contributed by atoms with Gasteiger partial charge in [0.25, 0.3) is 0 Å². The van der Waals surface area contributed by atoms with Crippen LogP contribution in [0.2, 0.25) is 0 Å². The summed E-state index contributed by atoms with van der Waals surface area (Å²) in [4.78, 5) is 0. The normalized spacial score (nSPS) is 12.8. The van der Waals surface area contributed by atoms with Crippen LogP contribution in [0.4, 0.5) is 8.78 Å². The average molecular weight is 246 g/mol. The highest BCUT2D eigenvalue weighted by molar-refractivity contribution is 5.28. The summed E-state index contributed by atoms with van der Waals surface area (Å²) in [6.45, 7) is -2.24. The number of hydrogen-bond acceptors (Lipinski definition) is 3. The first-order chi connectivity index (χ1) is 8.13. The van der Waals surface area contributed by atoms with Crippen LogP contribution in [0.25, 0.3) is 0 Å². The van der Waals surface area contributed by atoms with Gasteiger partial charge in [-0.15, -0.1) is 0 Å². The quantitative estimate of drug-likeness (QED) is 0.752. The molecule has 1 unspecified atom stereocenters. The second kappa shape index (κ2) is 7.19. The molecule has 0 aliphatic carbocycles. The Bertz CT molecular complexity index is 314. The lowest BCUT2D eigenvalue weighted by Gasteiger charge is -2.11. The molecule has 0 aliphatic rings. The zero-order valence-corrected chi connectivity index (χ0v) is 9.61. The van der Waals surface area contributed by atoms with E-state index in [1.807, 2.05) is 0 Å². The summed E-state index contributed by atoms with van der Waals surface area (Å²) < 4.78 is 32.9. The van der Waals surface area contributed by atoms with Gasteiger partial charge in [-0.2, -0.15) is 8.78 Å². The predicted octanol–water partition coefficient (Wildman–Crippen LogP) is 2.75. The van der Waals surface area contributed by atoms with E-state index in [1.54, 1.807) is 19.2 Å². The second-order valence-electron chi connectivity index (χ2n) is 3.60. The smallest absolute Gasteiger partial charge is 0.387 e. The van der Waals surface area contributed by atoms with Crippen LogP contribution < -0.4 is 4.74 Å². The van der Waals surface area contributed by atoms with Crippen LogP contribution in [0, 0.1) is 0 Å². The molecular formula is C12H16F2O3. The van der Waals surface area contributed by atoms with Gasteiger partial charge in [0.2, 0.25) is 0 Å². The molecule has 5 heteroatoms. The third-order valence-electron chi connectivity index (χ3n) is 2.32. The number of aliphatic hydroxyl groups excluding tert-OH is 1. The number of halogens is 2. The average Bonchev–Trinajstić information content (AvgIpc) is 2.29. The summed E-state index contributed by atoms with van der Waals surface area (Å²) >= 11 is 0. The molecule has 0 aromatic heterocycles. The number of hydrogen-bond donors (Lipinski definition) is 1. The molecule has 3 nitrogen and oxygen atoms in total. The molecule has 0 radical (unpaired) electrons. The maximum absolute atomic E-state index is 11.9. The minimum absolute atomic E-state index is 0.0906. The zero-order chi connectivity index (χ0) is 12.7. The fraction of sp³-hybridized carbons (Fsp3) is 0.500. The van der Waals surface area contributed by atoms with E-state index in [9.17, 15) is 13.9 Å². The molecule has 17 heavy (non-hydrogen) atoms. The van der Waals surface area contributed by atoms with Gasteiger partial charge in [-0.3, -0.25) is 0 Å². The van der Waals surface area contributed by atoms with Crippen LogP contribution in [0.3, 0.4) is 0 Å². The second-order valence-corrected chi connectivity index (χ2v) is 3.60. The SMILES string of the molecule is COCCCC(O)c1ccc(OC(F)F)cc1. The van der Waals surface area contributed by atoms with Crippen LogP contribution in [0.15, 0.2) is 24.3 Å². The van der Waals surface area contributed by atoms with E-state index in [2.05, 4.69) is 4.74 Å². The number of methoxy groups -OCH3 is 1. The van der Waals surface area contributed by atoms with Gasteiger partial charge in [0, 0.05) is 13.7 Å². The van der Waals surface area contributed by atoms with Crippen molar-refractivity contribution in [3.8, 4) is 5.75 Å². The van der Waals surface area contributed by atoms with E-state index in [1.165, 1.54) is 12.1 Å². The highest BCUT2D eigenvalue weighted by Crippen LogP contribution is 2.22. The predicted molar refractivity (Wildman–Crippen MR) is 59.1 cm³/mol. The summed E-state index contributed by atoms with van der Waals surface area (Å²) in [5.41, 5.74) is 0.683. The Labute approximate surface area is 99.0 Å². The monoisotopic (exact) mass is 246 g/mol. The van der Waals surface area contributed by atoms with Gasteiger partial charge in [0.15, 0.2) is 0 Å². The summed E-state index contributed by atoms with van der Waals surface area (Å²) in [5.74, 6) is 0.0906. The number of ether oxygens (including phenoxy) is 2. The van der Waals surface area contributed by atoms with Crippen molar-refractivity contribution in [2.45, 2.75) is 25.6 Å². The van der Waals surface area contributed by atoms with Gasteiger partial charge < -0.3 is 14.6 Å². The van der Waals surface area contributed by atoms with Crippen LogP contribution in [-0.4, -0.2) is 25.4 Å². The van der Waals surface area contributed by atoms with Crippen molar-refractivity contribution in [1.82, 2.24) is 0 Å². The fourth-order valence-corrected chi connectivity index (χ4v) is 1.46. The van der Waals surface area contributed by atoms with Crippen molar-refractivity contribution < 1.29 is 23.4 Å². The van der Waals surface area contributed by atoms with Crippen molar-refractivity contribution in [3.05, 3.63) is 29.8 Å². The first-order valence-electron chi connectivity index (χ1n) is 5.35. The Kier molecular flexibility index (Phi) is 5.86. The minimum Gasteiger partial charge on any atom is -0.435 e. The molecule has 0 bridgehead atoms. The molecule has 1 atom stereocenters. The molecule has 1 aromatic rings. The van der Waals surface area contributed by atoms with E-state index in [-0.39, 0.29) is 5.75 Å². The van der Waals surface area contributed by atoms with Crippen LogP contribution >= 0.6 is 0 Å². The van der Waals surface area contributed by atoms with Crippen molar-refractivity contribution in [3.63, 3.8) is 0 Å². The Morgan fingerprint density at radius 2 is 1.88 bits per heavy atom. The first-order valence-corrected chi connectivity index (χ1v) is 5.35. The lowest BCUT2D eigenvalue weighted by molar-refractivity contribution is -0.0498. The van der Waals surface area contributed by atoms with Gasteiger partial charge in [-0.05, 0) is 30.5 Å². The fourth-order valence-electron chi connectivity index (χ4n) is 1.46. The van der Waals surface area contributed by atoms with Crippen LogP contribution in [-0.2, 0) is 4.74 Å². The molecular weight excluding hydrogens is 230 g/mol. The van der Waals surface area contributed by atoms with Crippen LogP contribution in [0.5, 0.6) is 5.75 Å². The van der Waals surface area contributed by atoms with Gasteiger partial charge in [0.1, 0.15) is 5.75 Å². The van der Waals surface area contributed by atoms with E-state index in [4.69, 9.17) is 4.74 Å². The van der Waals surface area contributed by atoms with E-state index in [0.717, 1.165) is 6.42 Å². The molecule has 1 rings (SSSR count). The van der Waals surface area contributed by atoms with Gasteiger partial charge >= 0.3 is 6.61 Å². The molecule has 0 saturated carbocycles. The third kappa shape index (κ3) is 5.10. The highest BCUT2D eigenvalue weighted by atomic mass is 19.3. The highest BCUT2D eigenvalue weighted by Gasteiger charge is 2.08. The van der Waals surface area contributed by atoms with Gasteiger partial charge in [0.05, 0.1) is 6.10 Å². The minimum atomic E-state index is -2.83. The molecule has 0 saturated heterocycles. The maximum Gasteiger partial charge on any atom is 0.387 e. The number of benzene rings is 1. The third-order valence-corrected chi connectivity index (χ3v) is 2.32. The molecule has 1 N–H and O–H groups in total. The first kappa shape index (κ1) is 13.9. The van der Waals surface area contributed by atoms with Gasteiger partial charge in [-0.1, -0.05) is 12.1 Å². The van der Waals surface area contributed by atoms with Gasteiger partial charge in [-0.25, -0.2) is 0 Å². The lowest BCUT2D eigenvalue weighted by atomic mass is 10.1. The van der Waals surface area contributed by atoms with Crippen molar-refractivity contribution in [1.29, 1.82) is 0 Å². The summed E-state index contributed by atoms with van der Waals surface area (Å²) in [6, 6.07) is 5.99. The van der Waals surface area contributed by atoms with E-state index >= 15 is 0 Å². The molecule has 0 spiro atoms. The Morgan fingerprint density at radius 3 is 2.41 bits per heavy atom. The molecule has 0 fully saturated rings. The Balaban J connectivity index is 2.48. The van der Waals surface area contributed by atoms with Crippen molar-refractivity contribution in [2.75, 3.05) is 13.7 Å². The molecule has 0 amide bonds. The van der Waals surface area contributed by atoms with Crippen molar-refractivity contribution in [2.24, 2.45) is 0 Å². The standard InChI is InChI=1S/C12H16F2O3/c1-16-8-2-3-11(15)9-4-6-10(7-5-9)17-12(13)14/h4-7,11-12,15H,2-3,8H2,1H3. The van der Waals surface area contributed by atoms with Crippen LogP contribution in [0.1, 0.15) is 24.5 Å². The van der Waals surface area contributed by atoms with E-state index < -0.39 is 12.7 Å². The molecule has 1 aromatic carbocycles. The molecule has 96 valence electrons. The number of alkyl halides is 2. The zero-order valence-electron chi connectivity index (χ0n) is 9.61. The Morgan fingerprint density at radius 1 is 1.24 bits per heavy atom. The molecule has 0 heterocycles. The summed E-state index contributed by atoms with van der Waals surface area (Å²) in [5, 5.41) is 9.78. The summed E-state index contributed by atoms with van der Waals surface area (Å²) in [7, 11) is 1.60. The van der Waals surface area contributed by atoms with Crippen molar-refractivity contribution >= 4 is 0 Å². The van der Waals surface area contributed by atoms with E-state index in [0.29, 0.717) is 18.6 Å². The summed E-state index contributed by atoms with van der Waals surface area (Å²) in [6.07, 6.45) is 0.710. The molecule has 0 aliphatic heterocycles. The number of rotatable bonds is 7.